The van der Waals surface area contributed by atoms with Crippen molar-refractivity contribution in [2.45, 2.75) is 256 Å². The molecular weight excluding hydrogens is 1150 g/mol. The Hall–Kier alpha value is -3.17. The topological polar surface area (TPSA) is 435 Å². The van der Waals surface area contributed by atoms with Gasteiger partial charge < -0.3 is 82.2 Å². The van der Waals surface area contributed by atoms with E-state index in [-0.39, 0.29) is 95.9 Å². The number of ketones is 3. The number of aliphatic hydroxyl groups excluding tert-OH is 10. The van der Waals surface area contributed by atoms with Crippen LogP contribution in [0.1, 0.15) is 172 Å². The van der Waals surface area contributed by atoms with E-state index < -0.39 is 157 Å². The van der Waals surface area contributed by atoms with Crippen molar-refractivity contribution in [3.05, 3.63) is 0 Å². The lowest BCUT2D eigenvalue weighted by Crippen LogP contribution is -2.69. The Kier molecular flexibility index (Phi) is 40.4. The molecule has 12 unspecified atom stereocenters. The molecule has 0 fully saturated rings. The van der Waals surface area contributed by atoms with Crippen LogP contribution in [0.15, 0.2) is 0 Å². The second-order valence-electron chi connectivity index (χ2n) is 22.1. The van der Waals surface area contributed by atoms with Gasteiger partial charge in [-0.25, -0.2) is 10.2 Å². The van der Waals surface area contributed by atoms with Crippen molar-refractivity contribution in [1.82, 2.24) is 37.4 Å². The molecule has 0 aromatic carbocycles. The zero-order valence-electron chi connectivity index (χ0n) is 52.2. The highest BCUT2D eigenvalue weighted by atomic mass is 33.1. The Balaban J connectivity index is 7.57. The van der Waals surface area contributed by atoms with Gasteiger partial charge in [0.05, 0.1) is 49.1 Å². The Morgan fingerprint density at radius 3 is 1.58 bits per heavy atom. The Morgan fingerprint density at radius 1 is 0.576 bits per heavy atom. The highest BCUT2D eigenvalue weighted by molar-refractivity contribution is 8.76. The van der Waals surface area contributed by atoms with Gasteiger partial charge in [0, 0.05) is 73.3 Å². The Morgan fingerprint density at radius 2 is 1.09 bits per heavy atom. The fourth-order valence-electron chi connectivity index (χ4n) is 11.0. The van der Waals surface area contributed by atoms with E-state index in [0.717, 1.165) is 0 Å². The van der Waals surface area contributed by atoms with E-state index in [2.05, 4.69) is 37.4 Å². The lowest BCUT2D eigenvalue weighted by Gasteiger charge is -2.52. The largest absolute Gasteiger partial charge is 0.481 e. The van der Waals surface area contributed by atoms with Crippen molar-refractivity contribution >= 4 is 62.8 Å². The number of Topliss-reactive ketones (excluding diaryl/α,β-unsaturated/α-hetero) is 3. The molecule has 0 heterocycles. The number of aliphatic carboxylic acids is 1. The van der Waals surface area contributed by atoms with E-state index in [1.165, 1.54) is 28.6 Å². The first-order chi connectivity index (χ1) is 40.0. The zero-order chi connectivity index (χ0) is 65.3. The lowest BCUT2D eigenvalue weighted by atomic mass is 9.58. The molecule has 0 aliphatic heterocycles. The highest BCUT2D eigenvalue weighted by Gasteiger charge is 2.55. The lowest BCUT2D eigenvalue weighted by molar-refractivity contribution is -0.142. The second-order valence-corrected chi connectivity index (χ2v) is 24.8. The highest BCUT2D eigenvalue weighted by Crippen LogP contribution is 2.46. The predicted octanol–water partition coefficient (Wildman–Crippen LogP) is 0.259. The number of hydrogen-bond donors (Lipinski definition) is 18. The monoisotopic (exact) mass is 1260 g/mol. The maximum Gasteiger partial charge on any atom is 0.421 e. The van der Waals surface area contributed by atoms with Gasteiger partial charge in [-0.15, -0.1) is 0 Å². The van der Waals surface area contributed by atoms with Crippen LogP contribution in [0.3, 0.4) is 0 Å². The average Bonchev–Trinajstić information content (AvgIpc) is 1.53. The molecule has 0 spiro atoms. The van der Waals surface area contributed by atoms with Crippen LogP contribution in [0, 0.1) is 11.3 Å². The van der Waals surface area contributed by atoms with Crippen molar-refractivity contribution < 1.29 is 94.5 Å². The first kappa shape index (κ1) is 81.8. The quantitative estimate of drug-likeness (QED) is 0.0221. The summed E-state index contributed by atoms with van der Waals surface area (Å²) in [5.74, 6) is -3.80. The molecule has 85 heavy (non-hydrogen) atoms. The number of ether oxygens (including phenoxy) is 1. The molecule has 0 radical (unpaired) electrons. The number of rotatable bonds is 51. The molecular formula is C57H109N7O19S2. The van der Waals surface area contributed by atoms with E-state index in [1.807, 2.05) is 48.5 Å². The maximum atomic E-state index is 15.8. The minimum absolute atomic E-state index is 0.0525. The zero-order valence-corrected chi connectivity index (χ0v) is 53.8. The summed E-state index contributed by atoms with van der Waals surface area (Å²) in [4.78, 5) is 97.8. The molecule has 0 bridgehead atoms. The van der Waals surface area contributed by atoms with Gasteiger partial charge in [-0.2, -0.15) is 0 Å². The predicted molar refractivity (Wildman–Crippen MR) is 325 cm³/mol. The minimum Gasteiger partial charge on any atom is -0.481 e. The molecule has 0 aliphatic carbocycles. The van der Waals surface area contributed by atoms with E-state index >= 15 is 14.4 Å². The number of carboxylic acid groups (broad SMARTS) is 1. The summed E-state index contributed by atoms with van der Waals surface area (Å²) < 4.78 is 5.07. The molecule has 26 nitrogen and oxygen atoms in total. The SMILES string of the molecule is CCC(CC(O)C(O)C(O)C(O)CO)C(=O)CCC(NC(=O)C(CCC(=O)O)NC(CC)(CC)C(CC)(CC)C(=O)C(CCC(=O)NCC(O)C(O)C(O)C(O)CO)NC(C)(CC)CC)C(=O)C(CC)(CC)NCCSSCCOC(=O)NNC. The fourth-order valence-corrected chi connectivity index (χ4v) is 12.7. The van der Waals surface area contributed by atoms with E-state index in [9.17, 15) is 75.3 Å². The number of nitrogens with one attached hydrogen (secondary N) is 7. The molecule has 12 atom stereocenters. The van der Waals surface area contributed by atoms with Crippen LogP contribution in [0.5, 0.6) is 0 Å². The van der Waals surface area contributed by atoms with Crippen molar-refractivity contribution in [3.63, 3.8) is 0 Å². The van der Waals surface area contributed by atoms with Crippen LogP contribution < -0.4 is 37.4 Å². The average molecular weight is 1260 g/mol. The Labute approximate surface area is 511 Å². The smallest absolute Gasteiger partial charge is 0.421 e. The molecule has 18 N–H and O–H groups in total. The number of amides is 3. The summed E-state index contributed by atoms with van der Waals surface area (Å²) in [6.45, 7) is 16.6. The van der Waals surface area contributed by atoms with Gasteiger partial charge in [-0.3, -0.25) is 39.5 Å². The number of carboxylic acids is 1. The van der Waals surface area contributed by atoms with Gasteiger partial charge in [0.2, 0.25) is 11.8 Å². The molecule has 498 valence electrons. The number of carbonyl (C=O) groups excluding carboxylic acids is 6. The molecule has 0 saturated heterocycles. The van der Waals surface area contributed by atoms with Crippen LogP contribution in [-0.2, 0) is 33.5 Å². The second kappa shape index (κ2) is 41.9. The van der Waals surface area contributed by atoms with Crippen molar-refractivity contribution in [1.29, 1.82) is 0 Å². The van der Waals surface area contributed by atoms with Crippen molar-refractivity contribution in [2.24, 2.45) is 11.3 Å². The van der Waals surface area contributed by atoms with Crippen LogP contribution in [0.4, 0.5) is 4.79 Å². The van der Waals surface area contributed by atoms with Gasteiger partial charge in [-0.1, -0.05) is 83.9 Å². The van der Waals surface area contributed by atoms with E-state index in [0.29, 0.717) is 30.9 Å². The molecule has 0 aromatic heterocycles. The molecule has 0 aromatic rings. The van der Waals surface area contributed by atoms with Crippen LogP contribution in [0.2, 0.25) is 0 Å². The number of hydrazine groups is 1. The van der Waals surface area contributed by atoms with Gasteiger partial charge in [0.15, 0.2) is 11.6 Å². The van der Waals surface area contributed by atoms with Gasteiger partial charge in [0.1, 0.15) is 49.0 Å². The van der Waals surface area contributed by atoms with Gasteiger partial charge >= 0.3 is 12.1 Å². The minimum atomic E-state index is -1.93. The van der Waals surface area contributed by atoms with E-state index in [4.69, 9.17) is 4.74 Å². The molecule has 0 rings (SSSR count). The third kappa shape index (κ3) is 25.3. The van der Waals surface area contributed by atoms with Crippen molar-refractivity contribution in [3.8, 4) is 0 Å². The summed E-state index contributed by atoms with van der Waals surface area (Å²) in [7, 11) is 4.44. The third-order valence-electron chi connectivity index (χ3n) is 17.3. The van der Waals surface area contributed by atoms with E-state index in [1.54, 1.807) is 20.8 Å². The number of carbonyl (C=O) groups is 7. The summed E-state index contributed by atoms with van der Waals surface area (Å²) >= 11 is 0. The molecule has 3 amide bonds. The normalized spacial score (nSPS) is 16.8. The van der Waals surface area contributed by atoms with Gasteiger partial charge in [-0.05, 0) is 90.4 Å². The standard InChI is InChI=1S/C57H109N7O19S2/c1-12-35(31-40(68)46(75)48(77)42(70)33-65)39(67)24-21-36(51(80)56(17-6,18-7)60-27-29-84-85-30-28-83-53(82)64-58-11)61-52(81)38(23-26-45(73)74)63-57(19-8,20-9)55(15-4,16-5)50(79)37(62-54(10,13-2)14-3)22-25-44(72)59-32-41(69)47(76)49(78)43(71)34-66/h35-38,40-43,46-49,58,60,62-63,65-66,68-71,75-78H,12-34H2,1-11H3,(H,59,72)(H,61,81)(H,64,82)(H,73,74). The van der Waals surface area contributed by atoms with Crippen LogP contribution in [-0.4, -0.2) is 232 Å². The Bertz CT molecular complexity index is 1970. The van der Waals surface area contributed by atoms with Crippen molar-refractivity contribution in [2.75, 3.05) is 51.5 Å². The first-order valence-corrected chi connectivity index (χ1v) is 32.7. The van der Waals surface area contributed by atoms with Gasteiger partial charge in [0.25, 0.3) is 0 Å². The number of hydrogen-bond acceptors (Lipinski definition) is 24. The number of aliphatic hydroxyl groups is 10. The summed E-state index contributed by atoms with van der Waals surface area (Å²) in [6, 6.07) is -3.72. The molecule has 0 saturated carbocycles. The third-order valence-corrected chi connectivity index (χ3v) is 19.6. The fraction of sp³-hybridized carbons (Fsp3) is 0.877. The first-order valence-electron chi connectivity index (χ1n) is 30.2. The molecule has 28 heteroatoms. The van der Waals surface area contributed by atoms with Crippen LogP contribution >= 0.6 is 21.6 Å². The maximum absolute atomic E-state index is 15.8. The molecule has 0 aliphatic rings. The summed E-state index contributed by atoms with van der Waals surface area (Å²) in [5.41, 5.74) is 0.353. The summed E-state index contributed by atoms with van der Waals surface area (Å²) in [6.07, 6.45) is -14.7. The van der Waals surface area contributed by atoms with Crippen LogP contribution in [0.25, 0.3) is 0 Å². The summed E-state index contributed by atoms with van der Waals surface area (Å²) in [5, 5.41) is 127.